The van der Waals surface area contributed by atoms with Crippen molar-refractivity contribution >= 4 is 50.0 Å². The number of fused-ring (bicyclic) bond motifs is 2. The van der Waals surface area contributed by atoms with Gasteiger partial charge in [-0.15, -0.1) is 11.3 Å². The van der Waals surface area contributed by atoms with E-state index in [9.17, 15) is 23.6 Å². The van der Waals surface area contributed by atoms with E-state index in [0.29, 0.717) is 27.4 Å². The Kier molecular flexibility index (Phi) is 7.44. The van der Waals surface area contributed by atoms with Crippen molar-refractivity contribution in [3.8, 4) is 22.9 Å². The van der Waals surface area contributed by atoms with Gasteiger partial charge in [-0.2, -0.15) is 5.26 Å². The number of pyridine rings is 1. The number of aromatic nitrogens is 3. The van der Waals surface area contributed by atoms with E-state index >= 15 is 0 Å². The summed E-state index contributed by atoms with van der Waals surface area (Å²) in [6.45, 7) is 1.55. The van der Waals surface area contributed by atoms with Crippen molar-refractivity contribution in [2.24, 2.45) is 0 Å². The molecule has 202 valence electrons. The summed E-state index contributed by atoms with van der Waals surface area (Å²) < 4.78 is 36.1. The molecule has 0 saturated heterocycles. The molecule has 0 aliphatic rings. The summed E-state index contributed by atoms with van der Waals surface area (Å²) in [4.78, 5) is 38.8. The molecule has 5 rings (SSSR count). The topological polar surface area (TPSA) is 119 Å². The monoisotopic (exact) mass is 581 g/mol. The molecule has 0 fully saturated rings. The van der Waals surface area contributed by atoms with Crippen LogP contribution >= 0.6 is 22.9 Å². The van der Waals surface area contributed by atoms with Crippen LogP contribution in [-0.4, -0.2) is 34.2 Å². The van der Waals surface area contributed by atoms with Gasteiger partial charge in [0, 0.05) is 33.8 Å². The Morgan fingerprint density at radius 2 is 2.05 bits per heavy atom. The molecule has 1 amide bonds. The van der Waals surface area contributed by atoms with Gasteiger partial charge in [0.1, 0.15) is 29.8 Å². The number of hydrogen-bond donors (Lipinski definition) is 1. The first-order chi connectivity index (χ1) is 19.2. The van der Waals surface area contributed by atoms with Gasteiger partial charge >= 0.3 is 0 Å². The molecule has 3 aromatic heterocycles. The molecular formula is C27H18ClF2N5O4S. The molecule has 0 radical (unpaired) electrons. The summed E-state index contributed by atoms with van der Waals surface area (Å²) in [6.07, 6.45) is 1.57. The normalized spacial score (nSPS) is 11.1. The van der Waals surface area contributed by atoms with Crippen LogP contribution in [0.5, 0.6) is 5.75 Å². The number of rotatable bonds is 7. The number of hydroxylamine groups is 1. The Bertz CT molecular complexity index is 1920. The molecule has 0 aliphatic heterocycles. The highest BCUT2D eigenvalue weighted by Crippen LogP contribution is 2.39. The third kappa shape index (κ3) is 4.75. The van der Waals surface area contributed by atoms with Crippen LogP contribution in [0.15, 0.2) is 46.7 Å². The van der Waals surface area contributed by atoms with E-state index in [1.165, 1.54) is 23.0 Å². The van der Waals surface area contributed by atoms with Crippen LogP contribution < -0.4 is 15.8 Å². The van der Waals surface area contributed by atoms with Crippen LogP contribution in [0.1, 0.15) is 21.7 Å². The van der Waals surface area contributed by atoms with Crippen molar-refractivity contribution < 1.29 is 23.1 Å². The number of ether oxygens (including phenoxy) is 1. The zero-order valence-corrected chi connectivity index (χ0v) is 22.5. The third-order valence-corrected chi connectivity index (χ3v) is 7.38. The minimum atomic E-state index is -1.40. The lowest BCUT2D eigenvalue weighted by Crippen LogP contribution is -2.27. The van der Waals surface area contributed by atoms with Crippen LogP contribution in [0.3, 0.4) is 0 Å². The molecule has 13 heteroatoms. The van der Waals surface area contributed by atoms with Crippen molar-refractivity contribution in [2.75, 3.05) is 13.7 Å². The lowest BCUT2D eigenvalue weighted by atomic mass is 10.0. The van der Waals surface area contributed by atoms with Gasteiger partial charge in [-0.25, -0.2) is 19.2 Å². The minimum Gasteiger partial charge on any atom is -0.491 e. The summed E-state index contributed by atoms with van der Waals surface area (Å²) >= 11 is 7.63. The average molecular weight is 582 g/mol. The first-order valence-corrected chi connectivity index (χ1v) is 12.9. The van der Waals surface area contributed by atoms with E-state index in [2.05, 4.69) is 15.4 Å². The first-order valence-electron chi connectivity index (χ1n) is 11.7. The highest BCUT2D eigenvalue weighted by Gasteiger charge is 2.21. The number of thiophene rings is 1. The van der Waals surface area contributed by atoms with Gasteiger partial charge in [0.2, 0.25) is 0 Å². The number of benzene rings is 2. The number of amides is 1. The predicted octanol–water partition coefficient (Wildman–Crippen LogP) is 5.16. The van der Waals surface area contributed by atoms with Gasteiger partial charge in [-0.3, -0.25) is 24.0 Å². The number of nitrogens with one attached hydrogen (secondary N) is 1. The number of carbonyl (C=O) groups is 1. The van der Waals surface area contributed by atoms with Gasteiger partial charge in [-0.1, -0.05) is 11.6 Å². The van der Waals surface area contributed by atoms with Crippen molar-refractivity contribution in [3.05, 3.63) is 85.9 Å². The van der Waals surface area contributed by atoms with Gasteiger partial charge in [0.25, 0.3) is 11.5 Å². The maximum absolute atomic E-state index is 14.2. The van der Waals surface area contributed by atoms with Gasteiger partial charge in [-0.05, 0) is 31.2 Å². The number of halogens is 3. The smallest absolute Gasteiger partial charge is 0.277 e. The van der Waals surface area contributed by atoms with Crippen LogP contribution in [0.2, 0.25) is 5.02 Å². The number of hydrogen-bond acceptors (Lipinski definition) is 8. The van der Waals surface area contributed by atoms with E-state index in [-0.39, 0.29) is 29.9 Å². The van der Waals surface area contributed by atoms with Crippen molar-refractivity contribution in [1.29, 1.82) is 5.26 Å². The standard InChI is InChI=1S/C27H18ClF2N5O4S/c1-13-33-20-10-19(29)23(30)17(11-31)22(20)27(37)35(13)7-8-39-21-4-3-14(28)9-16(21)15-5-6-32-24-18(12-40-25(15)24)26(36)34-38-2/h3-6,9-10,12H,7-8H2,1-2H3,(H,34,36). The zero-order chi connectivity index (χ0) is 28.6. The molecule has 1 N–H and O–H groups in total. The fraction of sp³-hybridized carbons (Fsp3) is 0.148. The van der Waals surface area contributed by atoms with Gasteiger partial charge in [0.05, 0.1) is 40.3 Å². The second-order valence-electron chi connectivity index (χ2n) is 8.48. The molecule has 0 aliphatic carbocycles. The van der Waals surface area contributed by atoms with Crippen LogP contribution in [0.25, 0.3) is 32.2 Å². The van der Waals surface area contributed by atoms with E-state index < -0.39 is 28.7 Å². The molecule has 3 heterocycles. The van der Waals surface area contributed by atoms with E-state index in [4.69, 9.17) is 21.2 Å². The summed E-state index contributed by atoms with van der Waals surface area (Å²) in [6, 6.07) is 9.17. The summed E-state index contributed by atoms with van der Waals surface area (Å²) in [7, 11) is 1.34. The van der Waals surface area contributed by atoms with Crippen LogP contribution in [0.4, 0.5) is 8.78 Å². The Hall–Kier alpha value is -4.44. The number of nitrogens with zero attached hydrogens (tertiary/aromatic N) is 4. The van der Waals surface area contributed by atoms with E-state index in [1.54, 1.807) is 48.8 Å². The second-order valence-corrected chi connectivity index (χ2v) is 9.80. The van der Waals surface area contributed by atoms with Gasteiger partial charge < -0.3 is 4.74 Å². The molecule has 9 nitrogen and oxygen atoms in total. The predicted molar refractivity (Wildman–Crippen MR) is 145 cm³/mol. The van der Waals surface area contributed by atoms with E-state index in [1.807, 2.05) is 0 Å². The fourth-order valence-corrected chi connectivity index (χ4v) is 5.55. The van der Waals surface area contributed by atoms with Crippen molar-refractivity contribution in [2.45, 2.75) is 13.5 Å². The zero-order valence-electron chi connectivity index (χ0n) is 20.9. The maximum Gasteiger partial charge on any atom is 0.277 e. The lowest BCUT2D eigenvalue weighted by Gasteiger charge is -2.15. The number of carbonyl (C=O) groups excluding carboxylic acids is 1. The van der Waals surface area contributed by atoms with Crippen LogP contribution in [-0.2, 0) is 11.4 Å². The number of aryl methyl sites for hydroxylation is 1. The lowest BCUT2D eigenvalue weighted by molar-refractivity contribution is 0.0539. The molecular weight excluding hydrogens is 564 g/mol. The first kappa shape index (κ1) is 27.1. The highest BCUT2D eigenvalue weighted by atomic mass is 35.5. The molecule has 0 spiro atoms. The molecule has 2 aromatic carbocycles. The van der Waals surface area contributed by atoms with Crippen molar-refractivity contribution in [1.82, 2.24) is 20.0 Å². The molecule has 0 bridgehead atoms. The number of nitriles is 1. The van der Waals surface area contributed by atoms with Gasteiger partial charge in [0.15, 0.2) is 11.6 Å². The Balaban J connectivity index is 1.49. The van der Waals surface area contributed by atoms with Crippen LogP contribution in [0, 0.1) is 29.9 Å². The molecule has 40 heavy (non-hydrogen) atoms. The Labute approximate surface area is 234 Å². The fourth-order valence-electron chi connectivity index (χ4n) is 4.34. The minimum absolute atomic E-state index is 0.00559. The summed E-state index contributed by atoms with van der Waals surface area (Å²) in [5.74, 6) is -2.41. The largest absolute Gasteiger partial charge is 0.491 e. The second kappa shape index (κ2) is 11.0. The Morgan fingerprint density at radius 1 is 1.25 bits per heavy atom. The molecule has 0 saturated carbocycles. The summed E-state index contributed by atoms with van der Waals surface area (Å²) in [5, 5.41) is 11.2. The van der Waals surface area contributed by atoms with Crippen molar-refractivity contribution in [3.63, 3.8) is 0 Å². The molecule has 0 atom stereocenters. The summed E-state index contributed by atoms with van der Waals surface area (Å²) in [5.41, 5.74) is 2.98. The maximum atomic E-state index is 14.2. The third-order valence-electron chi connectivity index (χ3n) is 6.14. The molecule has 5 aromatic rings. The van der Waals surface area contributed by atoms with E-state index in [0.717, 1.165) is 16.3 Å². The highest BCUT2D eigenvalue weighted by molar-refractivity contribution is 7.18. The quantitative estimate of drug-likeness (QED) is 0.264. The average Bonchev–Trinajstić information content (AvgIpc) is 3.37. The SMILES string of the molecule is CONC(=O)c1csc2c(-c3cc(Cl)ccc3OCCn3c(C)nc4cc(F)c(F)c(C#N)c4c3=O)ccnc12. The Morgan fingerprint density at radius 3 is 2.80 bits per heavy atom. The molecule has 0 unspecified atom stereocenters.